The molecule has 1 aromatic carbocycles. The normalized spacial score (nSPS) is 11.3. The van der Waals surface area contributed by atoms with Crippen molar-refractivity contribution in [2.45, 2.75) is 13.5 Å². The van der Waals surface area contributed by atoms with Crippen molar-refractivity contribution in [3.8, 4) is 11.3 Å². The van der Waals surface area contributed by atoms with Crippen LogP contribution in [0.4, 0.5) is 0 Å². The fourth-order valence-corrected chi connectivity index (χ4v) is 2.80. The zero-order valence-electron chi connectivity index (χ0n) is 16.7. The van der Waals surface area contributed by atoms with Gasteiger partial charge in [0, 0.05) is 20.1 Å². The molecular formula is C21H26N6O2. The van der Waals surface area contributed by atoms with Gasteiger partial charge in [-0.3, -0.25) is 9.79 Å². The molecule has 0 aliphatic carbocycles. The lowest BCUT2D eigenvalue weighted by atomic mass is 10.2. The third-order valence-electron chi connectivity index (χ3n) is 4.20. The van der Waals surface area contributed by atoms with Gasteiger partial charge in [-0.25, -0.2) is 4.98 Å². The second-order valence-electron chi connectivity index (χ2n) is 6.43. The molecule has 1 amide bonds. The SMILES string of the molecule is CCNC(=NCCNC(=O)c1ccco1)N(C)Cc1ncc(-c2ccccc2)[nH]1. The van der Waals surface area contributed by atoms with Crippen LogP contribution in [0.3, 0.4) is 0 Å². The number of guanidine groups is 1. The Hall–Kier alpha value is -3.55. The first-order chi connectivity index (χ1) is 14.2. The van der Waals surface area contributed by atoms with Crippen LogP contribution in [0.5, 0.6) is 0 Å². The highest BCUT2D eigenvalue weighted by Crippen LogP contribution is 2.16. The average Bonchev–Trinajstić information content (AvgIpc) is 3.43. The molecule has 0 unspecified atom stereocenters. The van der Waals surface area contributed by atoms with Crippen molar-refractivity contribution in [3.05, 3.63) is 66.5 Å². The quantitative estimate of drug-likeness (QED) is 0.310. The first-order valence-electron chi connectivity index (χ1n) is 9.58. The summed E-state index contributed by atoms with van der Waals surface area (Å²) in [6.07, 6.45) is 3.32. The van der Waals surface area contributed by atoms with Crippen LogP contribution in [-0.2, 0) is 6.54 Å². The van der Waals surface area contributed by atoms with Gasteiger partial charge >= 0.3 is 0 Å². The van der Waals surface area contributed by atoms with E-state index >= 15 is 0 Å². The fourth-order valence-electron chi connectivity index (χ4n) is 2.80. The smallest absolute Gasteiger partial charge is 0.287 e. The molecule has 0 aliphatic rings. The molecule has 152 valence electrons. The summed E-state index contributed by atoms with van der Waals surface area (Å²) >= 11 is 0. The van der Waals surface area contributed by atoms with Crippen molar-refractivity contribution < 1.29 is 9.21 Å². The Morgan fingerprint density at radius 3 is 2.76 bits per heavy atom. The maximum absolute atomic E-state index is 11.9. The fraction of sp³-hybridized carbons (Fsp3) is 0.286. The number of aromatic amines is 1. The van der Waals surface area contributed by atoms with Crippen LogP contribution < -0.4 is 10.6 Å². The molecule has 0 aliphatic heterocycles. The van der Waals surface area contributed by atoms with Gasteiger partial charge in [-0.05, 0) is 24.6 Å². The second-order valence-corrected chi connectivity index (χ2v) is 6.43. The number of amides is 1. The number of hydrogen-bond acceptors (Lipinski definition) is 4. The number of imidazole rings is 1. The largest absolute Gasteiger partial charge is 0.459 e. The number of aromatic nitrogens is 2. The van der Waals surface area contributed by atoms with Crippen molar-refractivity contribution >= 4 is 11.9 Å². The molecule has 0 bridgehead atoms. The summed E-state index contributed by atoms with van der Waals surface area (Å²) in [7, 11) is 1.95. The lowest BCUT2D eigenvalue weighted by molar-refractivity contribution is 0.0927. The van der Waals surface area contributed by atoms with Crippen molar-refractivity contribution in [2.75, 3.05) is 26.7 Å². The van der Waals surface area contributed by atoms with E-state index in [1.54, 1.807) is 12.1 Å². The summed E-state index contributed by atoms with van der Waals surface area (Å²) in [5.41, 5.74) is 2.08. The molecule has 0 spiro atoms. The van der Waals surface area contributed by atoms with Crippen LogP contribution in [0.15, 0.2) is 64.3 Å². The molecule has 3 N–H and O–H groups in total. The maximum Gasteiger partial charge on any atom is 0.287 e. The third kappa shape index (κ3) is 5.71. The topological polar surface area (TPSA) is 98.5 Å². The molecule has 29 heavy (non-hydrogen) atoms. The number of benzene rings is 1. The van der Waals surface area contributed by atoms with Gasteiger partial charge in [0.2, 0.25) is 0 Å². The van der Waals surface area contributed by atoms with Crippen molar-refractivity contribution in [1.29, 1.82) is 0 Å². The van der Waals surface area contributed by atoms with Gasteiger partial charge in [0.1, 0.15) is 5.82 Å². The minimum atomic E-state index is -0.243. The predicted molar refractivity (Wildman–Crippen MR) is 113 cm³/mol. The Bertz CT molecular complexity index is 918. The molecule has 0 atom stereocenters. The number of rotatable bonds is 8. The molecule has 8 nitrogen and oxygen atoms in total. The second kappa shape index (κ2) is 10.1. The number of nitrogens with one attached hydrogen (secondary N) is 3. The van der Waals surface area contributed by atoms with Crippen LogP contribution in [0.25, 0.3) is 11.3 Å². The van der Waals surface area contributed by atoms with Crippen LogP contribution in [0.2, 0.25) is 0 Å². The van der Waals surface area contributed by atoms with Crippen molar-refractivity contribution in [3.63, 3.8) is 0 Å². The highest BCUT2D eigenvalue weighted by Gasteiger charge is 2.10. The van der Waals surface area contributed by atoms with E-state index in [9.17, 15) is 4.79 Å². The molecule has 2 heterocycles. The van der Waals surface area contributed by atoms with Crippen molar-refractivity contribution in [1.82, 2.24) is 25.5 Å². The number of hydrogen-bond donors (Lipinski definition) is 3. The monoisotopic (exact) mass is 394 g/mol. The van der Waals surface area contributed by atoms with E-state index in [4.69, 9.17) is 4.42 Å². The highest BCUT2D eigenvalue weighted by atomic mass is 16.3. The van der Waals surface area contributed by atoms with E-state index in [2.05, 4.69) is 25.6 Å². The van der Waals surface area contributed by atoms with Gasteiger partial charge in [-0.1, -0.05) is 30.3 Å². The summed E-state index contributed by atoms with van der Waals surface area (Å²) in [6, 6.07) is 13.4. The van der Waals surface area contributed by atoms with Gasteiger partial charge in [0.25, 0.3) is 5.91 Å². The number of nitrogens with zero attached hydrogens (tertiary/aromatic N) is 3. The minimum Gasteiger partial charge on any atom is -0.459 e. The van der Waals surface area contributed by atoms with Crippen molar-refractivity contribution in [2.24, 2.45) is 4.99 Å². The first-order valence-corrected chi connectivity index (χ1v) is 9.58. The Balaban J connectivity index is 1.54. The van der Waals surface area contributed by atoms with E-state index in [-0.39, 0.29) is 5.91 Å². The van der Waals surface area contributed by atoms with Gasteiger partial charge in [-0.2, -0.15) is 0 Å². The lowest BCUT2D eigenvalue weighted by Crippen LogP contribution is -2.39. The summed E-state index contributed by atoms with van der Waals surface area (Å²) in [5, 5.41) is 6.05. The molecule has 3 rings (SSSR count). The molecule has 0 saturated heterocycles. The zero-order chi connectivity index (χ0) is 20.5. The van der Waals surface area contributed by atoms with E-state index < -0.39 is 0 Å². The molecule has 0 saturated carbocycles. The van der Waals surface area contributed by atoms with Gasteiger partial charge in [0.15, 0.2) is 11.7 Å². The minimum absolute atomic E-state index is 0.243. The van der Waals surface area contributed by atoms with Crippen LogP contribution in [0.1, 0.15) is 23.3 Å². The molecule has 0 radical (unpaired) electrons. The zero-order valence-corrected chi connectivity index (χ0v) is 16.7. The highest BCUT2D eigenvalue weighted by molar-refractivity contribution is 5.91. The van der Waals surface area contributed by atoms with Crippen LogP contribution in [0, 0.1) is 0 Å². The van der Waals surface area contributed by atoms with E-state index in [1.165, 1.54) is 6.26 Å². The molecule has 0 fully saturated rings. The Kier molecular flexibility index (Phi) is 7.05. The Morgan fingerprint density at radius 1 is 1.21 bits per heavy atom. The molecular weight excluding hydrogens is 368 g/mol. The van der Waals surface area contributed by atoms with E-state index in [0.717, 1.165) is 29.6 Å². The number of carbonyl (C=O) groups excluding carboxylic acids is 1. The maximum atomic E-state index is 11.9. The third-order valence-corrected chi connectivity index (χ3v) is 4.20. The number of aliphatic imine (C=N–C) groups is 1. The summed E-state index contributed by atoms with van der Waals surface area (Å²) in [4.78, 5) is 26.3. The van der Waals surface area contributed by atoms with Gasteiger partial charge in [0.05, 0.1) is 31.2 Å². The number of carbonyl (C=O) groups is 1. The van der Waals surface area contributed by atoms with Gasteiger partial charge in [-0.15, -0.1) is 0 Å². The lowest BCUT2D eigenvalue weighted by Gasteiger charge is -2.21. The number of furan rings is 1. The standard InChI is InChI=1S/C21H26N6O2/c1-3-22-21(24-12-11-23-20(28)18-10-7-13-29-18)27(2)15-19-25-14-17(26-19)16-8-5-4-6-9-16/h4-10,13-14H,3,11-12,15H2,1-2H3,(H,22,24)(H,23,28)(H,25,26). The van der Waals surface area contributed by atoms with Gasteiger partial charge < -0.3 is 24.9 Å². The number of H-pyrrole nitrogens is 1. The van der Waals surface area contributed by atoms with E-state index in [0.29, 0.717) is 25.4 Å². The molecule has 2 aromatic heterocycles. The Morgan fingerprint density at radius 2 is 2.03 bits per heavy atom. The molecule has 3 aromatic rings. The summed E-state index contributed by atoms with van der Waals surface area (Å²) < 4.78 is 5.07. The predicted octanol–water partition coefficient (Wildman–Crippen LogP) is 2.50. The van der Waals surface area contributed by atoms with E-state index in [1.807, 2.05) is 55.4 Å². The van der Waals surface area contributed by atoms with Crippen LogP contribution in [-0.4, -0.2) is 53.4 Å². The molecule has 8 heteroatoms. The average molecular weight is 394 g/mol. The summed E-state index contributed by atoms with van der Waals surface area (Å²) in [6.45, 7) is 4.21. The first kappa shape index (κ1) is 20.2. The summed E-state index contributed by atoms with van der Waals surface area (Å²) in [5.74, 6) is 1.65. The Labute approximate surface area is 170 Å². The van der Waals surface area contributed by atoms with Crippen LogP contribution >= 0.6 is 0 Å².